The molecule has 1 heterocycles. The topological polar surface area (TPSA) is 30.9 Å². The maximum Gasteiger partial charge on any atom is 0.193 e. The van der Waals surface area contributed by atoms with Gasteiger partial charge in [0.05, 0.1) is 10.7 Å². The first-order chi connectivity index (χ1) is 10.3. The summed E-state index contributed by atoms with van der Waals surface area (Å²) in [5, 5.41) is 4.24. The number of para-hydroxylation sites is 1. The van der Waals surface area contributed by atoms with Crippen LogP contribution in [0.25, 0.3) is 0 Å². The SMILES string of the molecule is CN=C(NCCSC)N1CCN(c2ccccc2Cl)CC1. The Balaban J connectivity index is 1.89. The quantitative estimate of drug-likeness (QED) is 0.523. The van der Waals surface area contributed by atoms with E-state index in [0.29, 0.717) is 0 Å². The number of rotatable bonds is 4. The van der Waals surface area contributed by atoms with E-state index in [1.807, 2.05) is 37.0 Å². The fourth-order valence-electron chi connectivity index (χ4n) is 2.46. The van der Waals surface area contributed by atoms with Gasteiger partial charge in [0, 0.05) is 45.5 Å². The number of halogens is 1. The molecule has 1 aliphatic heterocycles. The Labute approximate surface area is 136 Å². The Kier molecular flexibility index (Phi) is 6.51. The van der Waals surface area contributed by atoms with Gasteiger partial charge in [-0.2, -0.15) is 11.8 Å². The predicted octanol–water partition coefficient (Wildman–Crippen LogP) is 2.40. The molecule has 0 saturated carbocycles. The molecule has 1 fully saturated rings. The lowest BCUT2D eigenvalue weighted by molar-refractivity contribution is 0.374. The van der Waals surface area contributed by atoms with Gasteiger partial charge in [0.2, 0.25) is 0 Å². The summed E-state index contributed by atoms with van der Waals surface area (Å²) in [6.07, 6.45) is 2.12. The van der Waals surface area contributed by atoms with Crippen LogP contribution in [-0.2, 0) is 0 Å². The molecular weight excluding hydrogens is 304 g/mol. The van der Waals surface area contributed by atoms with Crippen LogP contribution in [0.1, 0.15) is 0 Å². The van der Waals surface area contributed by atoms with Gasteiger partial charge in [-0.05, 0) is 18.4 Å². The summed E-state index contributed by atoms with van der Waals surface area (Å²) in [6, 6.07) is 8.05. The molecule has 0 radical (unpaired) electrons. The van der Waals surface area contributed by atoms with Crippen molar-refractivity contribution in [1.29, 1.82) is 0 Å². The van der Waals surface area contributed by atoms with E-state index in [0.717, 1.165) is 55.1 Å². The average molecular weight is 327 g/mol. The molecule has 1 aliphatic rings. The van der Waals surface area contributed by atoms with Gasteiger partial charge in [-0.15, -0.1) is 0 Å². The molecule has 0 aromatic heterocycles. The Bertz CT molecular complexity index is 472. The molecular formula is C15H23ClN4S. The van der Waals surface area contributed by atoms with E-state index < -0.39 is 0 Å². The highest BCUT2D eigenvalue weighted by Crippen LogP contribution is 2.25. The monoisotopic (exact) mass is 326 g/mol. The highest BCUT2D eigenvalue weighted by molar-refractivity contribution is 7.98. The third kappa shape index (κ3) is 4.45. The Morgan fingerprint density at radius 2 is 2.00 bits per heavy atom. The van der Waals surface area contributed by atoms with E-state index in [1.54, 1.807) is 0 Å². The molecule has 2 rings (SSSR count). The molecule has 0 spiro atoms. The number of thioether (sulfide) groups is 1. The van der Waals surface area contributed by atoms with Crippen LogP contribution in [0.2, 0.25) is 5.02 Å². The minimum Gasteiger partial charge on any atom is -0.367 e. The number of benzene rings is 1. The van der Waals surface area contributed by atoms with Crippen molar-refractivity contribution in [1.82, 2.24) is 10.2 Å². The van der Waals surface area contributed by atoms with Crippen LogP contribution in [0.3, 0.4) is 0 Å². The summed E-state index contributed by atoms with van der Waals surface area (Å²) in [4.78, 5) is 9.03. The zero-order valence-corrected chi connectivity index (χ0v) is 14.3. The molecule has 0 atom stereocenters. The molecule has 1 N–H and O–H groups in total. The first kappa shape index (κ1) is 16.3. The van der Waals surface area contributed by atoms with E-state index >= 15 is 0 Å². The average Bonchev–Trinajstić information content (AvgIpc) is 2.53. The van der Waals surface area contributed by atoms with Crippen molar-refractivity contribution < 1.29 is 0 Å². The van der Waals surface area contributed by atoms with Crippen molar-refractivity contribution >= 4 is 35.0 Å². The van der Waals surface area contributed by atoms with Gasteiger partial charge >= 0.3 is 0 Å². The zero-order valence-electron chi connectivity index (χ0n) is 12.7. The lowest BCUT2D eigenvalue weighted by Crippen LogP contribution is -2.52. The van der Waals surface area contributed by atoms with Crippen molar-refractivity contribution in [3.05, 3.63) is 29.3 Å². The number of guanidine groups is 1. The van der Waals surface area contributed by atoms with Gasteiger partial charge in [-0.1, -0.05) is 23.7 Å². The van der Waals surface area contributed by atoms with Gasteiger partial charge in [-0.3, -0.25) is 4.99 Å². The van der Waals surface area contributed by atoms with Crippen LogP contribution >= 0.6 is 23.4 Å². The van der Waals surface area contributed by atoms with E-state index in [2.05, 4.69) is 32.4 Å². The third-order valence-electron chi connectivity index (χ3n) is 3.57. The smallest absolute Gasteiger partial charge is 0.193 e. The van der Waals surface area contributed by atoms with E-state index in [9.17, 15) is 0 Å². The Hall–Kier alpha value is -1.07. The van der Waals surface area contributed by atoms with Crippen LogP contribution in [-0.4, -0.2) is 62.6 Å². The van der Waals surface area contributed by atoms with Gasteiger partial charge < -0.3 is 15.1 Å². The van der Waals surface area contributed by atoms with Crippen LogP contribution < -0.4 is 10.2 Å². The fourth-order valence-corrected chi connectivity index (χ4v) is 3.03. The molecule has 21 heavy (non-hydrogen) atoms. The van der Waals surface area contributed by atoms with Gasteiger partial charge in [-0.25, -0.2) is 0 Å². The fraction of sp³-hybridized carbons (Fsp3) is 0.533. The normalized spacial score (nSPS) is 16.2. The van der Waals surface area contributed by atoms with Crippen molar-refractivity contribution in [3.63, 3.8) is 0 Å². The number of piperazine rings is 1. The standard InChI is InChI=1S/C15H23ClN4S/c1-17-15(18-7-12-21-2)20-10-8-19(9-11-20)14-6-4-3-5-13(14)16/h3-6H,7-12H2,1-2H3,(H,17,18). The first-order valence-electron chi connectivity index (χ1n) is 7.20. The predicted molar refractivity (Wildman–Crippen MR) is 95.0 cm³/mol. The molecule has 4 nitrogen and oxygen atoms in total. The molecule has 1 aromatic carbocycles. The lowest BCUT2D eigenvalue weighted by atomic mass is 10.2. The number of nitrogens with one attached hydrogen (secondary N) is 1. The second-order valence-electron chi connectivity index (χ2n) is 4.89. The van der Waals surface area contributed by atoms with Crippen LogP contribution in [0.5, 0.6) is 0 Å². The number of hydrogen-bond donors (Lipinski definition) is 1. The maximum absolute atomic E-state index is 6.27. The second-order valence-corrected chi connectivity index (χ2v) is 6.29. The number of anilines is 1. The van der Waals surface area contributed by atoms with Crippen molar-refractivity contribution in [2.45, 2.75) is 0 Å². The Morgan fingerprint density at radius 3 is 2.62 bits per heavy atom. The highest BCUT2D eigenvalue weighted by Gasteiger charge is 2.20. The summed E-state index contributed by atoms with van der Waals surface area (Å²) >= 11 is 8.12. The molecule has 6 heteroatoms. The second kappa shape index (κ2) is 8.39. The summed E-state index contributed by atoms with van der Waals surface area (Å²) in [6.45, 7) is 4.81. The van der Waals surface area contributed by atoms with Gasteiger partial charge in [0.1, 0.15) is 0 Å². The largest absolute Gasteiger partial charge is 0.367 e. The molecule has 0 unspecified atom stereocenters. The molecule has 1 aromatic rings. The van der Waals surface area contributed by atoms with Crippen LogP contribution in [0, 0.1) is 0 Å². The summed E-state index contributed by atoms with van der Waals surface area (Å²) in [5.74, 6) is 2.10. The summed E-state index contributed by atoms with van der Waals surface area (Å²) in [5.41, 5.74) is 1.13. The third-order valence-corrected chi connectivity index (χ3v) is 4.51. The number of hydrogen-bond acceptors (Lipinski definition) is 3. The van der Waals surface area contributed by atoms with E-state index in [4.69, 9.17) is 11.6 Å². The maximum atomic E-state index is 6.27. The molecule has 0 amide bonds. The summed E-state index contributed by atoms with van der Waals surface area (Å²) < 4.78 is 0. The zero-order chi connectivity index (χ0) is 15.1. The van der Waals surface area contributed by atoms with E-state index in [1.165, 1.54) is 0 Å². The van der Waals surface area contributed by atoms with Gasteiger partial charge in [0.25, 0.3) is 0 Å². The summed E-state index contributed by atoms with van der Waals surface area (Å²) in [7, 11) is 1.85. The lowest BCUT2D eigenvalue weighted by Gasteiger charge is -2.38. The molecule has 0 aliphatic carbocycles. The van der Waals surface area contributed by atoms with Crippen LogP contribution in [0.15, 0.2) is 29.3 Å². The van der Waals surface area contributed by atoms with Crippen molar-refractivity contribution in [2.75, 3.05) is 56.7 Å². The number of nitrogens with zero attached hydrogens (tertiary/aromatic N) is 3. The van der Waals surface area contributed by atoms with Crippen molar-refractivity contribution in [2.24, 2.45) is 4.99 Å². The molecule has 1 saturated heterocycles. The minimum absolute atomic E-state index is 0.827. The van der Waals surface area contributed by atoms with Crippen molar-refractivity contribution in [3.8, 4) is 0 Å². The molecule has 0 bridgehead atoms. The first-order valence-corrected chi connectivity index (χ1v) is 8.97. The highest BCUT2D eigenvalue weighted by atomic mass is 35.5. The van der Waals surface area contributed by atoms with Crippen LogP contribution in [0.4, 0.5) is 5.69 Å². The van der Waals surface area contributed by atoms with E-state index in [-0.39, 0.29) is 0 Å². The minimum atomic E-state index is 0.827. The Morgan fingerprint density at radius 1 is 1.29 bits per heavy atom. The number of aliphatic imine (C=N–C) groups is 1. The molecule has 116 valence electrons. The van der Waals surface area contributed by atoms with Gasteiger partial charge in [0.15, 0.2) is 5.96 Å².